The third-order valence-electron chi connectivity index (χ3n) is 2.50. The number of esters is 1. The summed E-state index contributed by atoms with van der Waals surface area (Å²) in [4.78, 5) is 38.3. The zero-order chi connectivity index (χ0) is 17.5. The van der Waals surface area contributed by atoms with Crippen molar-refractivity contribution in [3.05, 3.63) is 29.6 Å². The quantitative estimate of drug-likeness (QED) is 0.621. The van der Waals surface area contributed by atoms with Crippen LogP contribution in [0.5, 0.6) is 0 Å². The van der Waals surface area contributed by atoms with E-state index >= 15 is 0 Å². The fraction of sp³-hybridized carbons (Fsp3) is 0.467. The minimum atomic E-state index is -0.571. The molecule has 0 unspecified atom stereocenters. The van der Waals surface area contributed by atoms with Crippen molar-refractivity contribution in [2.45, 2.75) is 26.4 Å². The Labute approximate surface area is 134 Å². The van der Waals surface area contributed by atoms with E-state index in [1.165, 1.54) is 25.4 Å². The lowest BCUT2D eigenvalue weighted by Gasteiger charge is -2.19. The molecule has 1 aromatic rings. The highest BCUT2D eigenvalue weighted by Gasteiger charge is 2.15. The van der Waals surface area contributed by atoms with Crippen molar-refractivity contribution < 1.29 is 23.9 Å². The molecule has 0 bridgehead atoms. The Balaban J connectivity index is 2.37. The first-order chi connectivity index (χ1) is 10.7. The maximum atomic E-state index is 11.9. The van der Waals surface area contributed by atoms with Crippen LogP contribution in [0.1, 0.15) is 41.6 Å². The monoisotopic (exact) mass is 323 g/mol. The molecule has 23 heavy (non-hydrogen) atoms. The number of pyridine rings is 1. The lowest BCUT2D eigenvalue weighted by Crippen LogP contribution is -2.37. The normalized spacial score (nSPS) is 10.6. The van der Waals surface area contributed by atoms with E-state index in [-0.39, 0.29) is 24.7 Å². The summed E-state index contributed by atoms with van der Waals surface area (Å²) >= 11 is 0. The van der Waals surface area contributed by atoms with Crippen molar-refractivity contribution in [3.63, 3.8) is 0 Å². The van der Waals surface area contributed by atoms with Gasteiger partial charge in [0.2, 0.25) is 0 Å². The second-order valence-electron chi connectivity index (χ2n) is 5.61. The van der Waals surface area contributed by atoms with Crippen LogP contribution in [0.25, 0.3) is 0 Å². The standard InChI is InChI=1S/C15H21N3O5/c1-15(2,3)23-14(21)17-8-7-16-12(19)10-5-6-11(18-9-10)13(20)22-4/h5-6,9H,7-8H2,1-4H3,(H,16,19)(H,17,21). The summed E-state index contributed by atoms with van der Waals surface area (Å²) in [7, 11) is 1.25. The summed E-state index contributed by atoms with van der Waals surface area (Å²) in [5.41, 5.74) is -0.147. The molecule has 0 fully saturated rings. The van der Waals surface area contributed by atoms with Crippen LogP contribution in [0.2, 0.25) is 0 Å². The summed E-state index contributed by atoms with van der Waals surface area (Å²) in [5, 5.41) is 5.14. The Kier molecular flexibility index (Phi) is 6.49. The number of amides is 2. The van der Waals surface area contributed by atoms with Gasteiger partial charge in [0.15, 0.2) is 0 Å². The van der Waals surface area contributed by atoms with Crippen molar-refractivity contribution in [1.29, 1.82) is 0 Å². The number of nitrogens with zero attached hydrogens (tertiary/aromatic N) is 1. The van der Waals surface area contributed by atoms with E-state index in [0.717, 1.165) is 0 Å². The van der Waals surface area contributed by atoms with E-state index in [4.69, 9.17) is 4.74 Å². The predicted molar refractivity (Wildman–Crippen MR) is 82.1 cm³/mol. The van der Waals surface area contributed by atoms with Crippen LogP contribution in [0.4, 0.5) is 4.79 Å². The molecule has 0 saturated heterocycles. The maximum Gasteiger partial charge on any atom is 0.407 e. The van der Waals surface area contributed by atoms with Gasteiger partial charge in [0.05, 0.1) is 12.7 Å². The van der Waals surface area contributed by atoms with Gasteiger partial charge in [-0.3, -0.25) is 4.79 Å². The Morgan fingerprint density at radius 2 is 1.78 bits per heavy atom. The number of methoxy groups -OCH3 is 1. The van der Waals surface area contributed by atoms with Gasteiger partial charge in [0.1, 0.15) is 11.3 Å². The lowest BCUT2D eigenvalue weighted by atomic mass is 10.2. The molecule has 126 valence electrons. The Morgan fingerprint density at radius 3 is 2.30 bits per heavy atom. The number of rotatable bonds is 5. The van der Waals surface area contributed by atoms with Gasteiger partial charge in [-0.15, -0.1) is 0 Å². The molecule has 2 N–H and O–H groups in total. The average molecular weight is 323 g/mol. The predicted octanol–water partition coefficient (Wildman–Crippen LogP) is 1.12. The second-order valence-corrected chi connectivity index (χ2v) is 5.61. The van der Waals surface area contributed by atoms with Crippen LogP contribution >= 0.6 is 0 Å². The number of alkyl carbamates (subject to hydrolysis) is 1. The van der Waals surface area contributed by atoms with Gasteiger partial charge >= 0.3 is 12.1 Å². The van der Waals surface area contributed by atoms with E-state index in [1.807, 2.05) is 0 Å². The average Bonchev–Trinajstić information content (AvgIpc) is 2.49. The van der Waals surface area contributed by atoms with E-state index in [0.29, 0.717) is 5.56 Å². The molecular weight excluding hydrogens is 302 g/mol. The highest BCUT2D eigenvalue weighted by Crippen LogP contribution is 2.06. The van der Waals surface area contributed by atoms with E-state index < -0.39 is 17.7 Å². The molecule has 0 aliphatic carbocycles. The highest BCUT2D eigenvalue weighted by molar-refractivity contribution is 5.95. The Hall–Kier alpha value is -2.64. The fourth-order valence-corrected chi connectivity index (χ4v) is 1.51. The van der Waals surface area contributed by atoms with Crippen molar-refractivity contribution in [2.24, 2.45) is 0 Å². The molecule has 8 heteroatoms. The molecule has 0 aliphatic heterocycles. The summed E-state index contributed by atoms with van der Waals surface area (Å²) in [6.07, 6.45) is 0.735. The van der Waals surface area contributed by atoms with Gasteiger partial charge in [0, 0.05) is 19.3 Å². The third-order valence-corrected chi connectivity index (χ3v) is 2.50. The molecule has 0 aliphatic rings. The number of aromatic nitrogens is 1. The van der Waals surface area contributed by atoms with Crippen LogP contribution in [0.15, 0.2) is 18.3 Å². The van der Waals surface area contributed by atoms with Gasteiger partial charge in [0.25, 0.3) is 5.91 Å². The van der Waals surface area contributed by atoms with Gasteiger partial charge < -0.3 is 20.1 Å². The molecule has 0 radical (unpaired) electrons. The van der Waals surface area contributed by atoms with Gasteiger partial charge in [-0.05, 0) is 32.9 Å². The van der Waals surface area contributed by atoms with Crippen molar-refractivity contribution in [2.75, 3.05) is 20.2 Å². The largest absolute Gasteiger partial charge is 0.464 e. The summed E-state index contributed by atoms with van der Waals surface area (Å²) in [5.74, 6) is -0.932. The number of carbonyl (C=O) groups excluding carboxylic acids is 3. The maximum absolute atomic E-state index is 11.9. The van der Waals surface area contributed by atoms with Crippen LogP contribution in [-0.4, -0.2) is 48.8 Å². The number of hydrogen-bond acceptors (Lipinski definition) is 6. The number of nitrogens with one attached hydrogen (secondary N) is 2. The van der Waals surface area contributed by atoms with Crippen molar-refractivity contribution in [3.8, 4) is 0 Å². The van der Waals surface area contributed by atoms with Gasteiger partial charge in [-0.2, -0.15) is 0 Å². The first kappa shape index (κ1) is 18.4. The minimum Gasteiger partial charge on any atom is -0.464 e. The third kappa shape index (κ3) is 6.77. The Bertz CT molecular complexity index is 563. The second kappa shape index (κ2) is 8.11. The van der Waals surface area contributed by atoms with E-state index in [2.05, 4.69) is 20.4 Å². The molecule has 1 rings (SSSR count). The first-order valence-corrected chi connectivity index (χ1v) is 7.02. The summed E-state index contributed by atoms with van der Waals surface area (Å²) in [6.45, 7) is 5.75. The molecule has 0 spiro atoms. The zero-order valence-electron chi connectivity index (χ0n) is 13.6. The smallest absolute Gasteiger partial charge is 0.407 e. The van der Waals surface area contributed by atoms with Crippen LogP contribution in [0.3, 0.4) is 0 Å². The lowest BCUT2D eigenvalue weighted by molar-refractivity contribution is 0.0525. The van der Waals surface area contributed by atoms with Crippen molar-refractivity contribution in [1.82, 2.24) is 15.6 Å². The summed E-state index contributed by atoms with van der Waals surface area (Å²) < 4.78 is 9.58. The number of ether oxygens (including phenoxy) is 2. The fourth-order valence-electron chi connectivity index (χ4n) is 1.51. The SMILES string of the molecule is COC(=O)c1ccc(C(=O)NCCNC(=O)OC(C)(C)C)cn1. The Morgan fingerprint density at radius 1 is 1.13 bits per heavy atom. The van der Waals surface area contributed by atoms with E-state index in [9.17, 15) is 14.4 Å². The molecule has 0 saturated carbocycles. The number of carbonyl (C=O) groups is 3. The zero-order valence-corrected chi connectivity index (χ0v) is 13.6. The molecular formula is C15H21N3O5. The number of hydrogen-bond donors (Lipinski definition) is 2. The van der Waals surface area contributed by atoms with Gasteiger partial charge in [-0.1, -0.05) is 0 Å². The molecule has 1 aromatic heterocycles. The summed E-state index contributed by atoms with van der Waals surface area (Å²) in [6, 6.07) is 2.87. The van der Waals surface area contributed by atoms with Crippen LogP contribution in [-0.2, 0) is 9.47 Å². The van der Waals surface area contributed by atoms with Gasteiger partial charge in [-0.25, -0.2) is 14.6 Å². The molecule has 0 aromatic carbocycles. The first-order valence-electron chi connectivity index (χ1n) is 7.02. The van der Waals surface area contributed by atoms with Crippen LogP contribution < -0.4 is 10.6 Å². The van der Waals surface area contributed by atoms with Crippen LogP contribution in [0, 0.1) is 0 Å². The molecule has 0 atom stereocenters. The topological polar surface area (TPSA) is 107 Å². The van der Waals surface area contributed by atoms with E-state index in [1.54, 1.807) is 20.8 Å². The highest BCUT2D eigenvalue weighted by atomic mass is 16.6. The van der Waals surface area contributed by atoms with Crippen molar-refractivity contribution >= 4 is 18.0 Å². The molecule has 2 amide bonds. The molecule has 8 nitrogen and oxygen atoms in total. The minimum absolute atomic E-state index is 0.121. The molecule has 1 heterocycles.